The molecule has 2 rings (SSSR count). The second-order valence-electron chi connectivity index (χ2n) is 4.27. The van der Waals surface area contributed by atoms with Crippen LogP contribution >= 0.6 is 23.3 Å². The maximum absolute atomic E-state index is 11.9. The van der Waals surface area contributed by atoms with Crippen molar-refractivity contribution in [3.63, 3.8) is 0 Å². The predicted octanol–water partition coefficient (Wildman–Crippen LogP) is 1.99. The smallest absolute Gasteiger partial charge is 0.321 e. The van der Waals surface area contributed by atoms with Gasteiger partial charge >= 0.3 is 6.03 Å². The van der Waals surface area contributed by atoms with E-state index in [0.29, 0.717) is 28.3 Å². The van der Waals surface area contributed by atoms with E-state index in [4.69, 9.17) is 11.6 Å². The zero-order chi connectivity index (χ0) is 15.4. The lowest BCUT2D eigenvalue weighted by Gasteiger charge is -2.16. The largest absolute Gasteiger partial charge is 0.371 e. The Morgan fingerprint density at radius 2 is 2.14 bits per heavy atom. The summed E-state index contributed by atoms with van der Waals surface area (Å²) in [7, 11) is 0. The predicted molar refractivity (Wildman–Crippen MR) is 82.7 cm³/mol. The lowest BCUT2D eigenvalue weighted by molar-refractivity contribution is -0.120. The molecule has 0 bridgehead atoms. The normalized spacial score (nSPS) is 12.0. The van der Waals surface area contributed by atoms with Crippen molar-refractivity contribution in [2.75, 3.05) is 11.9 Å². The number of nitrogens with zero attached hydrogens (tertiary/aromatic N) is 2. The molecule has 1 heterocycles. The first-order chi connectivity index (χ1) is 10.0. The third kappa shape index (κ3) is 3.59. The third-order valence-electron chi connectivity index (χ3n) is 2.71. The Kier molecular flexibility index (Phi) is 4.92. The fourth-order valence-electron chi connectivity index (χ4n) is 1.67. The first-order valence-corrected chi connectivity index (χ1v) is 7.39. The summed E-state index contributed by atoms with van der Waals surface area (Å²) in [5, 5.41) is 8.13. The van der Waals surface area contributed by atoms with E-state index in [1.54, 1.807) is 26.0 Å². The van der Waals surface area contributed by atoms with Gasteiger partial charge in [0, 0.05) is 6.54 Å². The lowest BCUT2D eigenvalue weighted by Crippen LogP contribution is -2.45. The van der Waals surface area contributed by atoms with Crippen LogP contribution < -0.4 is 16.0 Å². The molecule has 0 radical (unpaired) electrons. The SMILES string of the molecule is CCNC(=O)NC(=O)C(C)Nc1c(Cl)ccc2nsnc12. The average molecular weight is 328 g/mol. The lowest BCUT2D eigenvalue weighted by atomic mass is 10.2. The molecular weight excluding hydrogens is 314 g/mol. The summed E-state index contributed by atoms with van der Waals surface area (Å²) in [5.41, 5.74) is 1.83. The number of anilines is 1. The summed E-state index contributed by atoms with van der Waals surface area (Å²) >= 11 is 7.19. The van der Waals surface area contributed by atoms with Crippen molar-refractivity contribution in [2.24, 2.45) is 0 Å². The number of imide groups is 1. The quantitative estimate of drug-likeness (QED) is 0.798. The highest BCUT2D eigenvalue weighted by Gasteiger charge is 2.18. The fraction of sp³-hybridized carbons (Fsp3) is 0.333. The molecule has 1 unspecified atom stereocenters. The van der Waals surface area contributed by atoms with E-state index < -0.39 is 18.0 Å². The molecule has 0 spiro atoms. The van der Waals surface area contributed by atoms with Crippen LogP contribution in [0.4, 0.5) is 10.5 Å². The van der Waals surface area contributed by atoms with Gasteiger partial charge in [-0.25, -0.2) is 4.79 Å². The van der Waals surface area contributed by atoms with Crippen LogP contribution in [0.15, 0.2) is 12.1 Å². The van der Waals surface area contributed by atoms with Crippen LogP contribution in [0.1, 0.15) is 13.8 Å². The number of fused-ring (bicyclic) bond motifs is 1. The van der Waals surface area contributed by atoms with Crippen LogP contribution in [0.5, 0.6) is 0 Å². The molecule has 21 heavy (non-hydrogen) atoms. The highest BCUT2D eigenvalue weighted by atomic mass is 35.5. The van der Waals surface area contributed by atoms with E-state index in [-0.39, 0.29) is 0 Å². The number of aromatic nitrogens is 2. The second-order valence-corrected chi connectivity index (χ2v) is 5.20. The maximum atomic E-state index is 11.9. The summed E-state index contributed by atoms with van der Waals surface area (Å²) in [4.78, 5) is 23.2. The molecule has 0 aliphatic heterocycles. The molecule has 9 heteroatoms. The summed E-state index contributed by atoms with van der Waals surface area (Å²) in [6.45, 7) is 3.83. The minimum absolute atomic E-state index is 0.438. The van der Waals surface area contributed by atoms with Crippen LogP contribution in [0, 0.1) is 0 Å². The summed E-state index contributed by atoms with van der Waals surface area (Å²) < 4.78 is 8.27. The number of halogens is 1. The molecule has 0 aliphatic rings. The van der Waals surface area contributed by atoms with Crippen LogP contribution in [-0.4, -0.2) is 33.3 Å². The maximum Gasteiger partial charge on any atom is 0.321 e. The monoisotopic (exact) mass is 327 g/mol. The molecule has 3 amide bonds. The molecule has 1 aromatic carbocycles. The van der Waals surface area contributed by atoms with E-state index >= 15 is 0 Å². The van der Waals surface area contributed by atoms with Gasteiger partial charge in [-0.3, -0.25) is 10.1 Å². The van der Waals surface area contributed by atoms with Crippen LogP contribution in [0.2, 0.25) is 5.02 Å². The van der Waals surface area contributed by atoms with Gasteiger partial charge in [0.05, 0.1) is 22.4 Å². The molecule has 2 aromatic rings. The molecule has 0 saturated heterocycles. The highest BCUT2D eigenvalue weighted by Crippen LogP contribution is 2.30. The zero-order valence-electron chi connectivity index (χ0n) is 11.4. The van der Waals surface area contributed by atoms with Gasteiger partial charge in [0.2, 0.25) is 5.91 Å². The Balaban J connectivity index is 2.12. The van der Waals surface area contributed by atoms with Gasteiger partial charge in [-0.05, 0) is 26.0 Å². The molecule has 1 atom stereocenters. The first kappa shape index (κ1) is 15.5. The highest BCUT2D eigenvalue weighted by molar-refractivity contribution is 7.00. The van der Waals surface area contributed by atoms with Crippen molar-refractivity contribution in [1.29, 1.82) is 0 Å². The molecule has 7 nitrogen and oxygen atoms in total. The van der Waals surface area contributed by atoms with Gasteiger partial charge in [0.15, 0.2) is 0 Å². The van der Waals surface area contributed by atoms with Crippen LogP contribution in [-0.2, 0) is 4.79 Å². The molecule has 0 saturated carbocycles. The molecule has 112 valence electrons. The van der Waals surface area contributed by atoms with E-state index in [2.05, 4.69) is 24.7 Å². The molecule has 3 N–H and O–H groups in total. The van der Waals surface area contributed by atoms with Gasteiger partial charge in [-0.1, -0.05) is 11.6 Å². The van der Waals surface area contributed by atoms with E-state index in [9.17, 15) is 9.59 Å². The number of carbonyl (C=O) groups is 2. The number of hydrogen-bond acceptors (Lipinski definition) is 6. The Bertz CT molecular complexity index is 675. The van der Waals surface area contributed by atoms with Crippen molar-refractivity contribution >= 4 is 52.0 Å². The Morgan fingerprint density at radius 3 is 2.86 bits per heavy atom. The zero-order valence-corrected chi connectivity index (χ0v) is 13.0. The number of amides is 3. The third-order valence-corrected chi connectivity index (χ3v) is 3.56. The Morgan fingerprint density at radius 1 is 1.38 bits per heavy atom. The first-order valence-electron chi connectivity index (χ1n) is 6.29. The van der Waals surface area contributed by atoms with Crippen molar-refractivity contribution in [3.05, 3.63) is 17.2 Å². The minimum Gasteiger partial charge on any atom is -0.371 e. The number of benzene rings is 1. The van der Waals surface area contributed by atoms with Crippen molar-refractivity contribution in [1.82, 2.24) is 19.4 Å². The van der Waals surface area contributed by atoms with Crippen molar-refractivity contribution < 1.29 is 9.59 Å². The average Bonchev–Trinajstić information content (AvgIpc) is 2.90. The van der Waals surface area contributed by atoms with Crippen molar-refractivity contribution in [3.8, 4) is 0 Å². The molecular formula is C12H14ClN5O2S. The molecule has 1 aromatic heterocycles. The second kappa shape index (κ2) is 6.68. The van der Waals surface area contributed by atoms with Gasteiger partial charge in [0.1, 0.15) is 17.1 Å². The van der Waals surface area contributed by atoms with E-state index in [1.165, 1.54) is 0 Å². The summed E-state index contributed by atoms with van der Waals surface area (Å²) in [5.74, 6) is -0.461. The number of carbonyl (C=O) groups excluding carboxylic acids is 2. The van der Waals surface area contributed by atoms with E-state index in [1.807, 2.05) is 0 Å². The van der Waals surface area contributed by atoms with Gasteiger partial charge in [0.25, 0.3) is 0 Å². The number of rotatable bonds is 4. The molecule has 0 aliphatic carbocycles. The van der Waals surface area contributed by atoms with E-state index in [0.717, 1.165) is 11.7 Å². The summed E-state index contributed by atoms with van der Waals surface area (Å²) in [6, 6.07) is 2.25. The van der Waals surface area contributed by atoms with Crippen molar-refractivity contribution in [2.45, 2.75) is 19.9 Å². The minimum atomic E-state index is -0.655. The van der Waals surface area contributed by atoms with Gasteiger partial charge in [-0.15, -0.1) is 0 Å². The van der Waals surface area contributed by atoms with Crippen LogP contribution in [0.25, 0.3) is 11.0 Å². The Hall–Kier alpha value is -1.93. The number of hydrogen-bond donors (Lipinski definition) is 3. The fourth-order valence-corrected chi connectivity index (χ4v) is 2.42. The van der Waals surface area contributed by atoms with Crippen LogP contribution in [0.3, 0.4) is 0 Å². The van der Waals surface area contributed by atoms with Gasteiger partial charge in [-0.2, -0.15) is 8.75 Å². The number of nitrogens with one attached hydrogen (secondary N) is 3. The topological polar surface area (TPSA) is 96.0 Å². The van der Waals surface area contributed by atoms with Gasteiger partial charge < -0.3 is 10.6 Å². The standard InChI is InChI=1S/C12H14ClN5O2S/c1-3-14-12(20)16-11(19)6(2)15-9-7(13)4-5-8-10(9)18-21-17-8/h4-6,15H,3H2,1-2H3,(H2,14,16,19,20). The number of urea groups is 1. The Labute approximate surface area is 130 Å². The molecule has 0 fully saturated rings. The summed E-state index contributed by atoms with van der Waals surface area (Å²) in [6.07, 6.45) is 0.